The van der Waals surface area contributed by atoms with Gasteiger partial charge in [-0.15, -0.1) is 31.4 Å². The molecule has 1 saturated heterocycles. The zero-order valence-electron chi connectivity index (χ0n) is 11.5. The van der Waals surface area contributed by atoms with Gasteiger partial charge in [0, 0.05) is 26.2 Å². The molecule has 1 aliphatic rings. The van der Waals surface area contributed by atoms with Crippen LogP contribution < -0.4 is 10.1 Å². The number of halogens is 2. The molecule has 1 aromatic carbocycles. The van der Waals surface area contributed by atoms with Crippen molar-refractivity contribution >= 4 is 24.8 Å². The first-order valence-electron chi connectivity index (χ1n) is 6.20. The molecule has 0 aromatic heterocycles. The fraction of sp³-hybridized carbons (Fsp3) is 0.429. The smallest absolute Gasteiger partial charge is 0.160 e. The lowest BCUT2D eigenvalue weighted by Gasteiger charge is -2.33. The van der Waals surface area contributed by atoms with Gasteiger partial charge in [-0.1, -0.05) is 12.1 Å². The van der Waals surface area contributed by atoms with E-state index in [1.807, 2.05) is 18.2 Å². The fourth-order valence-electron chi connectivity index (χ4n) is 2.33. The molecule has 6 heteroatoms. The number of hydrogen-bond donors (Lipinski definition) is 2. The highest BCUT2D eigenvalue weighted by Crippen LogP contribution is 2.31. The molecular formula is C14H22Cl2N2O2. The molecule has 4 nitrogen and oxygen atoms in total. The Labute approximate surface area is 132 Å². The minimum absolute atomic E-state index is 0. The summed E-state index contributed by atoms with van der Waals surface area (Å²) in [4.78, 5) is 2.37. The fourth-order valence-corrected chi connectivity index (χ4v) is 2.33. The number of benzene rings is 1. The highest BCUT2D eigenvalue weighted by atomic mass is 35.5. The number of aromatic hydroxyl groups is 1. The van der Waals surface area contributed by atoms with Gasteiger partial charge in [-0.05, 0) is 17.7 Å². The molecule has 0 radical (unpaired) electrons. The second-order valence-corrected chi connectivity index (χ2v) is 4.40. The predicted octanol–water partition coefficient (Wildman–Crippen LogP) is 2.38. The van der Waals surface area contributed by atoms with E-state index in [4.69, 9.17) is 4.74 Å². The van der Waals surface area contributed by atoms with Crippen molar-refractivity contribution in [2.75, 3.05) is 33.3 Å². The number of piperazine rings is 1. The SMILES string of the molecule is C=C[C@@H](c1ccc(O)c(OC)c1)N1CCNCC1.Cl.Cl. The molecule has 0 bridgehead atoms. The summed E-state index contributed by atoms with van der Waals surface area (Å²) in [6.45, 7) is 7.92. The number of nitrogens with one attached hydrogen (secondary N) is 1. The van der Waals surface area contributed by atoms with E-state index in [0.717, 1.165) is 31.7 Å². The molecule has 1 fully saturated rings. The van der Waals surface area contributed by atoms with Crippen LogP contribution >= 0.6 is 24.8 Å². The molecule has 0 amide bonds. The van der Waals surface area contributed by atoms with E-state index >= 15 is 0 Å². The number of methoxy groups -OCH3 is 1. The van der Waals surface area contributed by atoms with Crippen LogP contribution in [0.5, 0.6) is 11.5 Å². The molecule has 2 N–H and O–H groups in total. The average molecular weight is 321 g/mol. The number of ether oxygens (including phenoxy) is 1. The second-order valence-electron chi connectivity index (χ2n) is 4.40. The van der Waals surface area contributed by atoms with E-state index in [1.165, 1.54) is 0 Å². The van der Waals surface area contributed by atoms with Crippen LogP contribution in [0, 0.1) is 0 Å². The summed E-state index contributed by atoms with van der Waals surface area (Å²) in [5.41, 5.74) is 1.10. The minimum atomic E-state index is 0. The number of phenols is 1. The maximum Gasteiger partial charge on any atom is 0.160 e. The third kappa shape index (κ3) is 4.28. The summed E-state index contributed by atoms with van der Waals surface area (Å²) in [6, 6.07) is 5.64. The van der Waals surface area contributed by atoms with E-state index < -0.39 is 0 Å². The van der Waals surface area contributed by atoms with Crippen LogP contribution in [-0.4, -0.2) is 43.3 Å². The summed E-state index contributed by atoms with van der Waals surface area (Å²) in [5.74, 6) is 0.679. The van der Waals surface area contributed by atoms with Crippen LogP contribution in [0.25, 0.3) is 0 Å². The van der Waals surface area contributed by atoms with Gasteiger partial charge in [0.1, 0.15) is 0 Å². The summed E-state index contributed by atoms with van der Waals surface area (Å²) in [6.07, 6.45) is 1.94. The van der Waals surface area contributed by atoms with Gasteiger partial charge >= 0.3 is 0 Å². The molecule has 20 heavy (non-hydrogen) atoms. The third-order valence-corrected chi connectivity index (χ3v) is 3.31. The van der Waals surface area contributed by atoms with Gasteiger partial charge in [-0.3, -0.25) is 4.90 Å². The summed E-state index contributed by atoms with van der Waals surface area (Å²) in [7, 11) is 1.56. The highest BCUT2D eigenvalue weighted by Gasteiger charge is 2.20. The van der Waals surface area contributed by atoms with Crippen LogP contribution in [0.4, 0.5) is 0 Å². The van der Waals surface area contributed by atoms with Crippen LogP contribution in [-0.2, 0) is 0 Å². The Morgan fingerprint density at radius 2 is 2.00 bits per heavy atom. The molecule has 114 valence electrons. The lowest BCUT2D eigenvalue weighted by atomic mass is 10.0. The van der Waals surface area contributed by atoms with E-state index in [1.54, 1.807) is 13.2 Å². The monoisotopic (exact) mass is 320 g/mol. The Bertz CT molecular complexity index is 424. The largest absolute Gasteiger partial charge is 0.504 e. The van der Waals surface area contributed by atoms with Crippen LogP contribution in [0.15, 0.2) is 30.9 Å². The van der Waals surface area contributed by atoms with E-state index in [-0.39, 0.29) is 36.6 Å². The van der Waals surface area contributed by atoms with Crippen molar-refractivity contribution < 1.29 is 9.84 Å². The van der Waals surface area contributed by atoms with Crippen molar-refractivity contribution in [2.24, 2.45) is 0 Å². The van der Waals surface area contributed by atoms with Crippen molar-refractivity contribution in [1.82, 2.24) is 10.2 Å². The highest BCUT2D eigenvalue weighted by molar-refractivity contribution is 5.85. The van der Waals surface area contributed by atoms with Gasteiger partial charge in [-0.25, -0.2) is 0 Å². The third-order valence-electron chi connectivity index (χ3n) is 3.31. The first kappa shape index (κ1) is 19.1. The van der Waals surface area contributed by atoms with Crippen molar-refractivity contribution in [3.63, 3.8) is 0 Å². The molecule has 1 atom stereocenters. The molecule has 0 aliphatic carbocycles. The second kappa shape index (κ2) is 9.08. The minimum Gasteiger partial charge on any atom is -0.504 e. The first-order valence-corrected chi connectivity index (χ1v) is 6.20. The van der Waals surface area contributed by atoms with E-state index in [9.17, 15) is 5.11 Å². The summed E-state index contributed by atoms with van der Waals surface area (Å²) >= 11 is 0. The van der Waals surface area contributed by atoms with Crippen LogP contribution in [0.1, 0.15) is 11.6 Å². The zero-order chi connectivity index (χ0) is 13.0. The van der Waals surface area contributed by atoms with Gasteiger partial charge in [0.15, 0.2) is 11.5 Å². The maximum atomic E-state index is 9.63. The Hall–Kier alpha value is -0.940. The number of hydrogen-bond acceptors (Lipinski definition) is 4. The quantitative estimate of drug-likeness (QED) is 0.836. The topological polar surface area (TPSA) is 44.7 Å². The van der Waals surface area contributed by atoms with Crippen molar-refractivity contribution in [3.05, 3.63) is 36.4 Å². The van der Waals surface area contributed by atoms with Crippen LogP contribution in [0.3, 0.4) is 0 Å². The molecule has 0 unspecified atom stereocenters. The molecule has 0 saturated carbocycles. The Balaban J connectivity index is 0.00000180. The zero-order valence-corrected chi connectivity index (χ0v) is 13.2. The Morgan fingerprint density at radius 1 is 1.35 bits per heavy atom. The first-order chi connectivity index (χ1) is 8.76. The van der Waals surface area contributed by atoms with E-state index in [0.29, 0.717) is 5.75 Å². The van der Waals surface area contributed by atoms with E-state index in [2.05, 4.69) is 16.8 Å². The molecule has 1 aliphatic heterocycles. The number of nitrogens with zero attached hydrogens (tertiary/aromatic N) is 1. The summed E-state index contributed by atoms with van der Waals surface area (Å²) < 4.78 is 5.15. The number of rotatable bonds is 4. The molecule has 0 spiro atoms. The van der Waals surface area contributed by atoms with Crippen LogP contribution in [0.2, 0.25) is 0 Å². The predicted molar refractivity (Wildman–Crippen MR) is 86.5 cm³/mol. The van der Waals surface area contributed by atoms with Crippen molar-refractivity contribution in [3.8, 4) is 11.5 Å². The molecule has 1 aromatic rings. The van der Waals surface area contributed by atoms with Gasteiger partial charge in [0.2, 0.25) is 0 Å². The Morgan fingerprint density at radius 3 is 2.55 bits per heavy atom. The lowest BCUT2D eigenvalue weighted by Crippen LogP contribution is -2.44. The molecule has 2 rings (SSSR count). The van der Waals surface area contributed by atoms with Crippen molar-refractivity contribution in [1.29, 1.82) is 0 Å². The molecule has 1 heterocycles. The van der Waals surface area contributed by atoms with Gasteiger partial charge in [0.25, 0.3) is 0 Å². The standard InChI is InChI=1S/C14H20N2O2.2ClH/c1-3-12(16-8-6-15-7-9-16)11-4-5-13(17)14(10-11)18-2;;/h3-5,10,12,15,17H,1,6-9H2,2H3;2*1H/t12-;;/m0../s1. The normalized spacial score (nSPS) is 16.4. The maximum absolute atomic E-state index is 9.63. The average Bonchev–Trinajstić information content (AvgIpc) is 2.42. The Kier molecular flexibility index (Phi) is 8.65. The lowest BCUT2D eigenvalue weighted by molar-refractivity contribution is 0.203. The molecular weight excluding hydrogens is 299 g/mol. The van der Waals surface area contributed by atoms with Gasteiger partial charge in [-0.2, -0.15) is 0 Å². The van der Waals surface area contributed by atoms with Gasteiger partial charge in [0.05, 0.1) is 13.2 Å². The van der Waals surface area contributed by atoms with Gasteiger partial charge < -0.3 is 15.2 Å². The van der Waals surface area contributed by atoms with Crippen molar-refractivity contribution in [2.45, 2.75) is 6.04 Å². The summed E-state index contributed by atoms with van der Waals surface area (Å²) in [5, 5.41) is 13.0. The number of phenolic OH excluding ortho intramolecular Hbond substituents is 1.